The van der Waals surface area contributed by atoms with Gasteiger partial charge in [0.15, 0.2) is 5.16 Å². The number of nitrogens with zero attached hydrogens (tertiary/aromatic N) is 4. The fourth-order valence-corrected chi connectivity index (χ4v) is 5.14. The first-order chi connectivity index (χ1) is 15.0. The van der Waals surface area contributed by atoms with Crippen LogP contribution in [-0.2, 0) is 11.3 Å². The Morgan fingerprint density at radius 1 is 1.06 bits per heavy atom. The van der Waals surface area contributed by atoms with E-state index in [1.807, 2.05) is 33.2 Å². The molecule has 2 aromatic carbocycles. The van der Waals surface area contributed by atoms with Crippen molar-refractivity contribution in [3.8, 4) is 11.1 Å². The van der Waals surface area contributed by atoms with Crippen LogP contribution in [0.4, 0.5) is 0 Å². The summed E-state index contributed by atoms with van der Waals surface area (Å²) in [7, 11) is 3.67. The summed E-state index contributed by atoms with van der Waals surface area (Å²) in [5.74, 6) is 0.161. The van der Waals surface area contributed by atoms with Crippen LogP contribution in [-0.4, -0.2) is 57.6 Å². The third kappa shape index (κ3) is 5.32. The van der Waals surface area contributed by atoms with Gasteiger partial charge in [0.2, 0.25) is 5.91 Å². The van der Waals surface area contributed by atoms with Crippen LogP contribution in [0.5, 0.6) is 0 Å². The normalized spacial score (nSPS) is 18.8. The van der Waals surface area contributed by atoms with Gasteiger partial charge in [-0.25, -0.2) is 9.97 Å². The molecule has 1 fully saturated rings. The van der Waals surface area contributed by atoms with Gasteiger partial charge in [-0.15, -0.1) is 0 Å². The minimum absolute atomic E-state index is 0.119. The number of thioether (sulfide) groups is 1. The molecule has 160 valence electrons. The lowest BCUT2D eigenvalue weighted by Crippen LogP contribution is -2.42. The number of likely N-dealkylation sites (tertiary alicyclic amines) is 1. The van der Waals surface area contributed by atoms with Crippen molar-refractivity contribution in [2.75, 3.05) is 20.6 Å². The predicted molar refractivity (Wildman–Crippen MR) is 126 cm³/mol. The fourth-order valence-electron chi connectivity index (χ4n) is 3.98. The first-order valence-corrected chi connectivity index (χ1v) is 11.4. The molecular formula is C25H28N4OS. The Kier molecular flexibility index (Phi) is 6.68. The van der Waals surface area contributed by atoms with Crippen molar-refractivity contribution < 1.29 is 4.79 Å². The van der Waals surface area contributed by atoms with E-state index < -0.39 is 0 Å². The van der Waals surface area contributed by atoms with E-state index >= 15 is 0 Å². The van der Waals surface area contributed by atoms with Gasteiger partial charge in [0.1, 0.15) is 0 Å². The minimum atomic E-state index is -0.119. The molecule has 0 saturated carbocycles. The number of rotatable bonds is 6. The SMILES string of the molecule is Cc1ccnc(S[C@@H]2C[C@@H](C(=O)N(C)C)N(Cc3ccc(-c4ccccc4)cc3)C2)n1. The Morgan fingerprint density at radius 3 is 2.45 bits per heavy atom. The number of benzene rings is 2. The quantitative estimate of drug-likeness (QED) is 0.544. The second-order valence-electron chi connectivity index (χ2n) is 8.20. The lowest BCUT2D eigenvalue weighted by Gasteiger charge is -2.26. The Bertz CT molecular complexity index is 1020. The van der Waals surface area contributed by atoms with E-state index in [0.717, 1.165) is 30.4 Å². The minimum Gasteiger partial charge on any atom is -0.347 e. The zero-order chi connectivity index (χ0) is 21.8. The number of hydrogen-bond donors (Lipinski definition) is 0. The summed E-state index contributed by atoms with van der Waals surface area (Å²) in [6, 6.07) is 20.8. The van der Waals surface area contributed by atoms with Crippen molar-refractivity contribution in [3.63, 3.8) is 0 Å². The van der Waals surface area contributed by atoms with Crippen LogP contribution >= 0.6 is 11.8 Å². The number of carbonyl (C=O) groups is 1. The number of aromatic nitrogens is 2. The van der Waals surface area contributed by atoms with Crippen molar-refractivity contribution in [3.05, 3.63) is 78.1 Å². The summed E-state index contributed by atoms with van der Waals surface area (Å²) in [4.78, 5) is 25.8. The van der Waals surface area contributed by atoms with E-state index in [1.165, 1.54) is 16.7 Å². The average Bonchev–Trinajstić information content (AvgIpc) is 3.16. The van der Waals surface area contributed by atoms with Crippen LogP contribution in [0.25, 0.3) is 11.1 Å². The Labute approximate surface area is 188 Å². The predicted octanol–water partition coefficient (Wildman–Crippen LogP) is 4.28. The first-order valence-electron chi connectivity index (χ1n) is 10.6. The van der Waals surface area contributed by atoms with E-state index in [0.29, 0.717) is 5.25 Å². The van der Waals surface area contributed by atoms with Gasteiger partial charge >= 0.3 is 0 Å². The van der Waals surface area contributed by atoms with Crippen LogP contribution in [0, 0.1) is 6.92 Å². The van der Waals surface area contributed by atoms with Gasteiger partial charge < -0.3 is 4.90 Å². The highest BCUT2D eigenvalue weighted by molar-refractivity contribution is 7.99. The van der Waals surface area contributed by atoms with E-state index in [1.54, 1.807) is 22.9 Å². The molecule has 0 spiro atoms. The largest absolute Gasteiger partial charge is 0.347 e. The molecule has 1 saturated heterocycles. The van der Waals surface area contributed by atoms with Crippen LogP contribution in [0.3, 0.4) is 0 Å². The molecule has 1 aliphatic rings. The first kappa shape index (κ1) is 21.5. The highest BCUT2D eigenvalue weighted by Crippen LogP contribution is 2.33. The number of aryl methyl sites for hydroxylation is 1. The second kappa shape index (κ2) is 9.62. The summed E-state index contributed by atoms with van der Waals surface area (Å²) in [5, 5.41) is 1.08. The molecule has 1 amide bonds. The molecule has 4 rings (SSSR count). The van der Waals surface area contributed by atoms with Gasteiger partial charge in [-0.05, 0) is 36.1 Å². The van der Waals surface area contributed by atoms with Crippen LogP contribution in [0.15, 0.2) is 72.0 Å². The van der Waals surface area contributed by atoms with Crippen molar-refractivity contribution in [1.29, 1.82) is 0 Å². The van der Waals surface area contributed by atoms with Gasteiger partial charge in [-0.1, -0.05) is 66.4 Å². The maximum atomic E-state index is 12.9. The fraction of sp³-hybridized carbons (Fsp3) is 0.320. The Morgan fingerprint density at radius 2 is 1.77 bits per heavy atom. The lowest BCUT2D eigenvalue weighted by molar-refractivity contribution is -0.133. The molecule has 0 aliphatic carbocycles. The van der Waals surface area contributed by atoms with Gasteiger partial charge in [-0.2, -0.15) is 0 Å². The number of hydrogen-bond acceptors (Lipinski definition) is 5. The van der Waals surface area contributed by atoms with Crippen molar-refractivity contribution in [2.45, 2.75) is 36.3 Å². The average molecular weight is 433 g/mol. The van der Waals surface area contributed by atoms with Gasteiger partial charge in [0.25, 0.3) is 0 Å². The van der Waals surface area contributed by atoms with Crippen LogP contribution in [0.2, 0.25) is 0 Å². The summed E-state index contributed by atoms with van der Waals surface area (Å²) in [6.45, 7) is 3.57. The lowest BCUT2D eigenvalue weighted by atomic mass is 10.0. The number of amides is 1. The van der Waals surface area contributed by atoms with Crippen LogP contribution < -0.4 is 0 Å². The summed E-state index contributed by atoms with van der Waals surface area (Å²) in [6.07, 6.45) is 2.61. The molecule has 2 atom stereocenters. The summed E-state index contributed by atoms with van der Waals surface area (Å²) >= 11 is 1.68. The molecule has 5 nitrogen and oxygen atoms in total. The molecule has 31 heavy (non-hydrogen) atoms. The van der Waals surface area contributed by atoms with E-state index in [4.69, 9.17) is 0 Å². The molecular weight excluding hydrogens is 404 g/mol. The maximum absolute atomic E-state index is 12.9. The van der Waals surface area contributed by atoms with Gasteiger partial charge in [0, 0.05) is 44.3 Å². The third-order valence-corrected chi connectivity index (χ3v) is 6.66. The highest BCUT2D eigenvalue weighted by atomic mass is 32.2. The summed E-state index contributed by atoms with van der Waals surface area (Å²) in [5.41, 5.74) is 4.60. The molecule has 0 unspecified atom stereocenters. The zero-order valence-corrected chi connectivity index (χ0v) is 19.0. The van der Waals surface area contributed by atoms with Crippen molar-refractivity contribution in [1.82, 2.24) is 19.8 Å². The molecule has 0 bridgehead atoms. The highest BCUT2D eigenvalue weighted by Gasteiger charge is 2.38. The summed E-state index contributed by atoms with van der Waals surface area (Å²) < 4.78 is 0. The molecule has 1 aliphatic heterocycles. The molecule has 0 N–H and O–H groups in total. The Hall–Kier alpha value is -2.70. The van der Waals surface area contributed by atoms with E-state index in [-0.39, 0.29) is 11.9 Å². The molecule has 0 radical (unpaired) electrons. The standard InChI is InChI=1S/C25H28N4OS/c1-18-13-14-26-25(27-18)31-22-15-23(24(30)28(2)3)29(17-22)16-19-9-11-21(12-10-19)20-7-5-4-6-8-20/h4-14,22-23H,15-17H2,1-3H3/t22-,23+/m1/s1. The van der Waals surface area contributed by atoms with Crippen molar-refractivity contribution >= 4 is 17.7 Å². The molecule has 2 heterocycles. The number of likely N-dealkylation sites (N-methyl/N-ethyl adjacent to an activating group) is 1. The number of carbonyl (C=O) groups excluding carboxylic acids is 1. The monoisotopic (exact) mass is 432 g/mol. The van der Waals surface area contributed by atoms with Crippen LogP contribution in [0.1, 0.15) is 17.7 Å². The second-order valence-corrected chi connectivity index (χ2v) is 9.46. The maximum Gasteiger partial charge on any atom is 0.239 e. The van der Waals surface area contributed by atoms with E-state index in [9.17, 15) is 4.79 Å². The topological polar surface area (TPSA) is 49.3 Å². The molecule has 3 aromatic rings. The van der Waals surface area contributed by atoms with Gasteiger partial charge in [-0.3, -0.25) is 9.69 Å². The Balaban J connectivity index is 1.48. The molecule has 1 aromatic heterocycles. The third-order valence-electron chi connectivity index (χ3n) is 5.58. The van der Waals surface area contributed by atoms with Gasteiger partial charge in [0.05, 0.1) is 6.04 Å². The molecule has 6 heteroatoms. The smallest absolute Gasteiger partial charge is 0.239 e. The van der Waals surface area contributed by atoms with E-state index in [2.05, 4.69) is 63.4 Å². The zero-order valence-electron chi connectivity index (χ0n) is 18.2. The van der Waals surface area contributed by atoms with Crippen molar-refractivity contribution in [2.24, 2.45) is 0 Å².